The number of esters is 2. The zero-order chi connectivity index (χ0) is 26.8. The van der Waals surface area contributed by atoms with E-state index in [1.54, 1.807) is 0 Å². The molecule has 0 saturated heterocycles. The lowest BCUT2D eigenvalue weighted by molar-refractivity contribution is -0.144. The number of carbonyl (C=O) groups is 3. The minimum absolute atomic E-state index is 0.0282. The third-order valence-electron chi connectivity index (χ3n) is 5.94. The third kappa shape index (κ3) is 11.1. The van der Waals surface area contributed by atoms with E-state index in [4.69, 9.17) is 14.9 Å². The smallest absolute Gasteiger partial charge is 0.507 e. The number of unbranched alkanes of at least 4 members (excludes halogenated alkanes) is 12. The van der Waals surface area contributed by atoms with Crippen LogP contribution in [0.25, 0.3) is 4.98 Å². The molecule has 0 aromatic rings. The highest BCUT2D eigenvalue weighted by molar-refractivity contribution is 6.19. The average molecular weight is 510 g/mol. The highest BCUT2D eigenvalue weighted by Crippen LogP contribution is 2.24. The molecule has 0 radical (unpaired) electrons. The molecule has 10 heteroatoms. The lowest BCUT2D eigenvalue weighted by Crippen LogP contribution is -2.20. The van der Waals surface area contributed by atoms with Crippen LogP contribution >= 0.6 is 0 Å². The van der Waals surface area contributed by atoms with Gasteiger partial charge < -0.3 is 24.4 Å². The quantitative estimate of drug-likeness (QED) is 0.0508. The number of rotatable bonds is 20. The predicted molar refractivity (Wildman–Crippen MR) is 132 cm³/mol. The van der Waals surface area contributed by atoms with Gasteiger partial charge in [0.2, 0.25) is 5.39 Å². The summed E-state index contributed by atoms with van der Waals surface area (Å²) in [6, 6.07) is 0. The first-order chi connectivity index (χ1) is 17.4. The van der Waals surface area contributed by atoms with Crippen LogP contribution in [0.1, 0.15) is 104 Å². The Bertz CT molecular complexity index is 828. The molecule has 10 nitrogen and oxygen atoms in total. The van der Waals surface area contributed by atoms with E-state index in [0.29, 0.717) is 6.42 Å². The molecule has 0 fully saturated rings. The van der Waals surface area contributed by atoms with Crippen LogP contribution in [0.5, 0.6) is 0 Å². The largest absolute Gasteiger partial charge is 0.547 e. The van der Waals surface area contributed by atoms with Gasteiger partial charge in [-0.1, -0.05) is 84.0 Å². The molecule has 1 rings (SSSR count). The van der Waals surface area contributed by atoms with E-state index in [1.807, 2.05) is 0 Å². The van der Waals surface area contributed by atoms with Crippen molar-refractivity contribution in [2.45, 2.75) is 110 Å². The topological polar surface area (TPSA) is 148 Å². The van der Waals surface area contributed by atoms with E-state index in [0.717, 1.165) is 19.3 Å². The van der Waals surface area contributed by atoms with Gasteiger partial charge in [-0.3, -0.25) is 4.79 Å². The molecule has 1 atom stereocenters. The molecule has 0 bridgehead atoms. The summed E-state index contributed by atoms with van der Waals surface area (Å²) in [6.45, 7) is 3.11. The van der Waals surface area contributed by atoms with Crippen LogP contribution in [0.3, 0.4) is 0 Å². The van der Waals surface area contributed by atoms with Crippen LogP contribution < -0.4 is 0 Å². The van der Waals surface area contributed by atoms with Crippen LogP contribution in [0.4, 0.5) is 0 Å². The van der Waals surface area contributed by atoms with Crippen LogP contribution in [-0.4, -0.2) is 47.3 Å². The summed E-state index contributed by atoms with van der Waals surface area (Å²) in [5.74, 6) is -4.28. The number of aliphatic hydroxyl groups is 2. The number of cyclic esters (lactones) is 1. The van der Waals surface area contributed by atoms with Crippen LogP contribution in [-0.2, 0) is 28.6 Å². The molecular formula is C26H41N2O8+. The van der Waals surface area contributed by atoms with Gasteiger partial charge in [-0.15, -0.1) is 0 Å². The SMILES string of the molecule is CCCCCCCCCCCCCCCC(=O)C1=C(O)[C@@H](CO/C(O)=C(/[N+]#N)C(=O)OCC)OC1=O. The Balaban J connectivity index is 2.33. The number of hydrogen-bond acceptors (Lipinski definition) is 9. The fourth-order valence-corrected chi connectivity index (χ4v) is 3.90. The first-order valence-corrected chi connectivity index (χ1v) is 13.1. The van der Waals surface area contributed by atoms with Crippen molar-refractivity contribution in [1.29, 1.82) is 5.39 Å². The maximum atomic E-state index is 12.4. The zero-order valence-electron chi connectivity index (χ0n) is 21.6. The molecule has 0 spiro atoms. The summed E-state index contributed by atoms with van der Waals surface area (Å²) in [4.78, 5) is 38.7. The van der Waals surface area contributed by atoms with Gasteiger partial charge in [0, 0.05) is 6.42 Å². The fourth-order valence-electron chi connectivity index (χ4n) is 3.90. The molecule has 202 valence electrons. The molecule has 0 amide bonds. The summed E-state index contributed by atoms with van der Waals surface area (Å²) in [5.41, 5.74) is -1.31. The zero-order valence-corrected chi connectivity index (χ0v) is 21.6. The van der Waals surface area contributed by atoms with Crippen molar-refractivity contribution < 1.29 is 38.8 Å². The first kappa shape index (κ1) is 30.9. The minimum Gasteiger partial charge on any atom is -0.507 e. The number of hydrogen-bond donors (Lipinski definition) is 2. The number of nitrogens with zero attached hydrogens (tertiary/aromatic N) is 2. The molecule has 36 heavy (non-hydrogen) atoms. The molecule has 0 aromatic heterocycles. The number of diazo groups is 1. The molecule has 0 aliphatic carbocycles. The van der Waals surface area contributed by atoms with Crippen molar-refractivity contribution in [1.82, 2.24) is 0 Å². The van der Waals surface area contributed by atoms with E-state index < -0.39 is 53.4 Å². The fraction of sp³-hybridized carbons (Fsp3) is 0.731. The lowest BCUT2D eigenvalue weighted by Gasteiger charge is -2.09. The maximum Gasteiger partial charge on any atom is 0.547 e. The third-order valence-corrected chi connectivity index (χ3v) is 5.94. The Labute approximate surface area is 213 Å². The average Bonchev–Trinajstić information content (AvgIpc) is 3.14. The minimum atomic E-state index is -1.34. The Morgan fingerprint density at radius 1 is 0.917 bits per heavy atom. The molecule has 1 aliphatic rings. The van der Waals surface area contributed by atoms with Crippen molar-refractivity contribution in [3.63, 3.8) is 0 Å². The lowest BCUT2D eigenvalue weighted by atomic mass is 10.0. The van der Waals surface area contributed by atoms with Crippen LogP contribution in [0, 0.1) is 5.39 Å². The van der Waals surface area contributed by atoms with Gasteiger partial charge >= 0.3 is 23.6 Å². The predicted octanol–water partition coefficient (Wildman–Crippen LogP) is 5.93. The van der Waals surface area contributed by atoms with Crippen molar-refractivity contribution in [3.8, 4) is 0 Å². The molecular weight excluding hydrogens is 468 g/mol. The number of ether oxygens (including phenoxy) is 3. The van der Waals surface area contributed by atoms with Crippen molar-refractivity contribution in [2.24, 2.45) is 0 Å². The van der Waals surface area contributed by atoms with Gasteiger partial charge in [-0.25, -0.2) is 9.59 Å². The normalized spacial score (nSPS) is 15.8. The second-order valence-corrected chi connectivity index (χ2v) is 8.86. The second kappa shape index (κ2) is 18.2. The Morgan fingerprint density at radius 3 is 1.94 bits per heavy atom. The van der Waals surface area contributed by atoms with E-state index in [1.165, 1.54) is 64.7 Å². The molecule has 2 N–H and O–H groups in total. The van der Waals surface area contributed by atoms with Crippen LogP contribution in [0.2, 0.25) is 0 Å². The molecule has 1 heterocycles. The summed E-state index contributed by atoms with van der Waals surface area (Å²) < 4.78 is 14.4. The summed E-state index contributed by atoms with van der Waals surface area (Å²) in [6.07, 6.45) is 14.0. The standard InChI is InChI=1S/C26H40N2O8/c1-3-5-6-7-8-9-10-11-12-13-14-15-16-17-19(29)21-23(30)20(36-24(21)31)18-35-26(33)22(28-27)25(32)34-4-2/h20H,3-18H2,1-2H3,(H-,29,30,31,32,33)/p+1/t20-/m1/s1. The summed E-state index contributed by atoms with van der Waals surface area (Å²) in [7, 11) is 0. The highest BCUT2D eigenvalue weighted by atomic mass is 16.6. The van der Waals surface area contributed by atoms with Gasteiger partial charge in [0.25, 0.3) is 0 Å². The van der Waals surface area contributed by atoms with Crippen molar-refractivity contribution in [2.75, 3.05) is 13.2 Å². The first-order valence-electron chi connectivity index (χ1n) is 13.1. The van der Waals surface area contributed by atoms with Gasteiger partial charge in [0.05, 0.1) is 6.61 Å². The summed E-state index contributed by atoms with van der Waals surface area (Å²) >= 11 is 0. The number of carbonyl (C=O) groups excluding carboxylic acids is 3. The number of aliphatic hydroxyl groups excluding tert-OH is 2. The number of Topliss-reactive ketones (excluding diaryl/α,β-unsaturated/α-hetero) is 1. The second-order valence-electron chi connectivity index (χ2n) is 8.86. The molecule has 0 saturated carbocycles. The molecule has 1 aliphatic heterocycles. The number of ketones is 1. The van der Waals surface area contributed by atoms with E-state index >= 15 is 0 Å². The molecule has 0 unspecified atom stereocenters. The Hall–Kier alpha value is -3.09. The van der Waals surface area contributed by atoms with E-state index in [9.17, 15) is 24.6 Å². The maximum absolute atomic E-state index is 12.4. The highest BCUT2D eigenvalue weighted by Gasteiger charge is 2.40. The van der Waals surface area contributed by atoms with Gasteiger partial charge in [0.1, 0.15) is 12.2 Å². The van der Waals surface area contributed by atoms with Gasteiger partial charge in [0.15, 0.2) is 22.6 Å². The van der Waals surface area contributed by atoms with Crippen molar-refractivity contribution in [3.05, 3.63) is 28.0 Å². The molecule has 0 aromatic carbocycles. The Kier molecular flexibility index (Phi) is 15.7. The Morgan fingerprint density at radius 2 is 1.44 bits per heavy atom. The van der Waals surface area contributed by atoms with Crippen LogP contribution in [0.15, 0.2) is 23.0 Å². The van der Waals surface area contributed by atoms with E-state index in [-0.39, 0.29) is 13.0 Å². The van der Waals surface area contributed by atoms with E-state index in [2.05, 4.69) is 16.6 Å². The van der Waals surface area contributed by atoms with Crippen molar-refractivity contribution >= 4 is 17.7 Å². The summed E-state index contributed by atoms with van der Waals surface area (Å²) in [5, 5.41) is 28.9. The van der Waals surface area contributed by atoms with Gasteiger partial charge in [-0.2, -0.15) is 0 Å². The monoisotopic (exact) mass is 509 g/mol. The van der Waals surface area contributed by atoms with Gasteiger partial charge in [-0.05, 0) is 13.3 Å².